The number of nitrogens with zero attached hydrogens (tertiary/aromatic N) is 3. The van der Waals surface area contributed by atoms with Crippen molar-refractivity contribution in [1.29, 1.82) is 0 Å². The van der Waals surface area contributed by atoms with Crippen LogP contribution in [0.5, 0.6) is 0 Å². The Bertz CT molecular complexity index is 1110. The zero-order valence-electron chi connectivity index (χ0n) is 14.6. The van der Waals surface area contributed by atoms with Crippen LogP contribution in [0.4, 0.5) is 11.4 Å². The summed E-state index contributed by atoms with van der Waals surface area (Å²) in [6.07, 6.45) is 0.603. The van der Waals surface area contributed by atoms with Crippen molar-refractivity contribution in [3.05, 3.63) is 73.4 Å². The Balaban J connectivity index is 1.81. The van der Waals surface area contributed by atoms with Crippen LogP contribution in [0.3, 0.4) is 0 Å². The maximum atomic E-state index is 13.4. The van der Waals surface area contributed by atoms with E-state index in [1.54, 1.807) is 31.2 Å². The van der Waals surface area contributed by atoms with Crippen LogP contribution in [0.15, 0.2) is 40.9 Å². The summed E-state index contributed by atoms with van der Waals surface area (Å²) in [4.78, 5) is 25.5. The van der Waals surface area contributed by atoms with Gasteiger partial charge in [-0.05, 0) is 31.0 Å². The van der Waals surface area contributed by atoms with Gasteiger partial charge >= 0.3 is 0 Å². The van der Waals surface area contributed by atoms with Crippen LogP contribution in [-0.2, 0) is 6.42 Å². The second-order valence-corrected chi connectivity index (χ2v) is 7.15. The highest BCUT2D eigenvalue weighted by molar-refractivity contribution is 6.39. The van der Waals surface area contributed by atoms with Crippen LogP contribution in [0, 0.1) is 17.0 Å². The van der Waals surface area contributed by atoms with Gasteiger partial charge in [-0.2, -0.15) is 0 Å². The highest BCUT2D eigenvalue weighted by Gasteiger charge is 2.33. The third-order valence-electron chi connectivity index (χ3n) is 4.70. The van der Waals surface area contributed by atoms with E-state index in [9.17, 15) is 14.9 Å². The minimum atomic E-state index is -0.485. The van der Waals surface area contributed by atoms with Crippen LogP contribution < -0.4 is 4.90 Å². The van der Waals surface area contributed by atoms with Gasteiger partial charge in [0, 0.05) is 24.2 Å². The van der Waals surface area contributed by atoms with Crippen LogP contribution in [0.2, 0.25) is 10.0 Å². The van der Waals surface area contributed by atoms with Crippen molar-refractivity contribution in [2.24, 2.45) is 0 Å². The van der Waals surface area contributed by atoms with Gasteiger partial charge in [-0.1, -0.05) is 40.5 Å². The van der Waals surface area contributed by atoms with Gasteiger partial charge in [0.15, 0.2) is 0 Å². The summed E-state index contributed by atoms with van der Waals surface area (Å²) in [7, 11) is 0. The largest absolute Gasteiger partial charge is 0.360 e. The molecule has 1 amide bonds. The highest BCUT2D eigenvalue weighted by atomic mass is 35.5. The molecule has 0 N–H and O–H groups in total. The van der Waals surface area contributed by atoms with E-state index in [0.29, 0.717) is 40.0 Å². The summed E-state index contributed by atoms with van der Waals surface area (Å²) < 4.78 is 5.27. The molecule has 28 heavy (non-hydrogen) atoms. The van der Waals surface area contributed by atoms with E-state index in [0.717, 1.165) is 5.56 Å². The fourth-order valence-corrected chi connectivity index (χ4v) is 3.92. The molecule has 4 rings (SSSR count). The molecular weight excluding hydrogens is 405 g/mol. The number of rotatable bonds is 3. The molecule has 1 aliphatic rings. The van der Waals surface area contributed by atoms with Crippen molar-refractivity contribution < 1.29 is 14.2 Å². The molecule has 142 valence electrons. The maximum absolute atomic E-state index is 13.4. The Labute approximate surface area is 169 Å². The first-order chi connectivity index (χ1) is 13.4. The van der Waals surface area contributed by atoms with E-state index in [1.807, 2.05) is 0 Å². The highest BCUT2D eigenvalue weighted by Crippen LogP contribution is 2.39. The lowest BCUT2D eigenvalue weighted by Gasteiger charge is -2.17. The topological polar surface area (TPSA) is 89.5 Å². The summed E-state index contributed by atoms with van der Waals surface area (Å²) in [6.45, 7) is 2.02. The lowest BCUT2D eigenvalue weighted by Crippen LogP contribution is -2.29. The minimum absolute atomic E-state index is 0.0742. The number of amides is 1. The number of hydrogen-bond acceptors (Lipinski definition) is 5. The minimum Gasteiger partial charge on any atom is -0.360 e. The Morgan fingerprint density at radius 2 is 1.96 bits per heavy atom. The molecule has 0 saturated heterocycles. The van der Waals surface area contributed by atoms with Gasteiger partial charge in [0.25, 0.3) is 11.6 Å². The molecule has 3 aromatic rings. The van der Waals surface area contributed by atoms with Gasteiger partial charge in [0.1, 0.15) is 17.0 Å². The number of aromatic nitrogens is 1. The number of carbonyl (C=O) groups excluding carboxylic acids is 1. The number of aryl methyl sites for hydroxylation is 1. The molecule has 9 heteroatoms. The number of non-ortho nitro benzene ring substituents is 1. The predicted octanol–water partition coefficient (Wildman–Crippen LogP) is 5.07. The molecule has 0 atom stereocenters. The second kappa shape index (κ2) is 6.92. The molecule has 2 aromatic carbocycles. The van der Waals surface area contributed by atoms with E-state index in [4.69, 9.17) is 27.7 Å². The summed E-state index contributed by atoms with van der Waals surface area (Å²) >= 11 is 12.6. The third-order valence-corrected chi connectivity index (χ3v) is 5.33. The first-order valence-electron chi connectivity index (χ1n) is 8.38. The number of benzene rings is 2. The van der Waals surface area contributed by atoms with Gasteiger partial charge in [-0.25, -0.2) is 0 Å². The normalized spacial score (nSPS) is 12.9. The molecule has 0 saturated carbocycles. The average Bonchev–Trinajstić information content (AvgIpc) is 3.24. The molecule has 0 bridgehead atoms. The molecule has 2 heterocycles. The van der Waals surface area contributed by atoms with Crippen molar-refractivity contribution in [3.63, 3.8) is 0 Å². The maximum Gasteiger partial charge on any atom is 0.271 e. The van der Waals surface area contributed by atoms with Crippen LogP contribution >= 0.6 is 23.2 Å². The van der Waals surface area contributed by atoms with E-state index in [-0.39, 0.29) is 22.9 Å². The number of hydrogen-bond donors (Lipinski definition) is 0. The number of nitro benzene ring substituents is 1. The smallest absolute Gasteiger partial charge is 0.271 e. The van der Waals surface area contributed by atoms with Gasteiger partial charge in [-0.3, -0.25) is 14.9 Å². The molecular formula is C19H13Cl2N3O4. The van der Waals surface area contributed by atoms with Gasteiger partial charge in [0.2, 0.25) is 0 Å². The van der Waals surface area contributed by atoms with Crippen molar-refractivity contribution in [1.82, 2.24) is 5.16 Å². The zero-order valence-corrected chi connectivity index (χ0v) is 16.1. The second-order valence-electron chi connectivity index (χ2n) is 6.34. The third kappa shape index (κ3) is 2.93. The Hall–Kier alpha value is -2.90. The number of nitro groups is 1. The van der Waals surface area contributed by atoms with Crippen molar-refractivity contribution in [2.75, 3.05) is 11.4 Å². The predicted molar refractivity (Wildman–Crippen MR) is 105 cm³/mol. The van der Waals surface area contributed by atoms with Gasteiger partial charge < -0.3 is 9.42 Å². The Morgan fingerprint density at radius 3 is 2.64 bits per heavy atom. The quantitative estimate of drug-likeness (QED) is 0.438. The van der Waals surface area contributed by atoms with Gasteiger partial charge in [-0.15, -0.1) is 0 Å². The standard InChI is InChI=1S/C19H13Cl2N3O4/c1-10-16(18(22-28-10)17-13(20)3-2-4-14(17)21)19(25)23-8-7-11-5-6-12(24(26)27)9-15(11)23/h2-6,9H,7-8H2,1H3. The summed E-state index contributed by atoms with van der Waals surface area (Å²) in [5.41, 5.74) is 2.19. The number of carbonyl (C=O) groups is 1. The summed E-state index contributed by atoms with van der Waals surface area (Å²) in [6, 6.07) is 9.51. The van der Waals surface area contributed by atoms with Gasteiger partial charge in [0.05, 0.1) is 20.7 Å². The van der Waals surface area contributed by atoms with Crippen molar-refractivity contribution in [3.8, 4) is 11.3 Å². The first kappa shape index (κ1) is 18.5. The van der Waals surface area contributed by atoms with Crippen LogP contribution in [0.25, 0.3) is 11.3 Å². The van der Waals surface area contributed by atoms with Crippen LogP contribution in [0.1, 0.15) is 21.7 Å². The van der Waals surface area contributed by atoms with Crippen LogP contribution in [-0.4, -0.2) is 22.5 Å². The number of anilines is 1. The number of halogens is 2. The molecule has 0 spiro atoms. The number of fused-ring (bicyclic) bond motifs is 1. The SMILES string of the molecule is Cc1onc(-c2c(Cl)cccc2Cl)c1C(=O)N1CCc2ccc([N+](=O)[O-])cc21. The molecule has 7 nitrogen and oxygen atoms in total. The molecule has 1 aromatic heterocycles. The Morgan fingerprint density at radius 1 is 1.25 bits per heavy atom. The van der Waals surface area contributed by atoms with E-state index in [1.165, 1.54) is 17.0 Å². The molecule has 0 aliphatic carbocycles. The fraction of sp³-hybridized carbons (Fsp3) is 0.158. The zero-order chi connectivity index (χ0) is 20.0. The van der Waals surface area contributed by atoms with E-state index < -0.39 is 4.92 Å². The lowest BCUT2D eigenvalue weighted by molar-refractivity contribution is -0.384. The lowest BCUT2D eigenvalue weighted by atomic mass is 10.0. The fourth-order valence-electron chi connectivity index (χ4n) is 3.35. The summed E-state index contributed by atoms with van der Waals surface area (Å²) in [5.74, 6) is -0.0566. The summed E-state index contributed by atoms with van der Waals surface area (Å²) in [5, 5.41) is 15.8. The average molecular weight is 418 g/mol. The first-order valence-corrected chi connectivity index (χ1v) is 9.14. The molecule has 0 radical (unpaired) electrons. The molecule has 1 aliphatic heterocycles. The van der Waals surface area contributed by atoms with Crippen molar-refractivity contribution in [2.45, 2.75) is 13.3 Å². The molecule has 0 fully saturated rings. The van der Waals surface area contributed by atoms with Crippen molar-refractivity contribution >= 4 is 40.5 Å². The van der Waals surface area contributed by atoms with E-state index >= 15 is 0 Å². The Kier molecular flexibility index (Phi) is 4.56. The monoisotopic (exact) mass is 417 g/mol. The van der Waals surface area contributed by atoms with E-state index in [2.05, 4.69) is 5.16 Å². The molecule has 0 unspecified atom stereocenters.